The van der Waals surface area contributed by atoms with Gasteiger partial charge in [0.15, 0.2) is 0 Å². The van der Waals surface area contributed by atoms with Crippen molar-refractivity contribution in [3.05, 3.63) is 53.3 Å². The van der Waals surface area contributed by atoms with Crippen LogP contribution < -0.4 is 10.1 Å². The number of pyridine rings is 1. The van der Waals surface area contributed by atoms with Gasteiger partial charge in [-0.2, -0.15) is 0 Å². The number of hydrogen-bond acceptors (Lipinski definition) is 3. The first-order valence-electron chi connectivity index (χ1n) is 7.69. The summed E-state index contributed by atoms with van der Waals surface area (Å²) in [5, 5.41) is 2.91. The Hall–Kier alpha value is -2.36. The van der Waals surface area contributed by atoms with Crippen LogP contribution in [0.25, 0.3) is 0 Å². The highest BCUT2D eigenvalue weighted by Crippen LogP contribution is 2.32. The molecule has 0 aliphatic heterocycles. The Labute approximate surface area is 137 Å². The van der Waals surface area contributed by atoms with E-state index in [2.05, 4.69) is 37.1 Å². The minimum Gasteiger partial charge on any atom is -0.496 e. The number of anilines is 1. The number of carbonyl (C=O) groups is 1. The van der Waals surface area contributed by atoms with E-state index in [0.29, 0.717) is 6.42 Å². The van der Waals surface area contributed by atoms with E-state index in [1.54, 1.807) is 19.4 Å². The molecule has 1 amide bonds. The molecule has 1 heterocycles. The number of methoxy groups -OCH3 is 1. The molecule has 4 heteroatoms. The smallest absolute Gasteiger partial charge is 0.228 e. The van der Waals surface area contributed by atoms with Gasteiger partial charge in [-0.1, -0.05) is 32.9 Å². The topological polar surface area (TPSA) is 51.2 Å². The number of nitrogens with one attached hydrogen (secondary N) is 1. The molecule has 1 aromatic carbocycles. The van der Waals surface area contributed by atoms with Crippen LogP contribution >= 0.6 is 0 Å². The maximum atomic E-state index is 12.2. The molecule has 0 radical (unpaired) electrons. The molecule has 23 heavy (non-hydrogen) atoms. The van der Waals surface area contributed by atoms with Crippen LogP contribution in [-0.4, -0.2) is 18.0 Å². The van der Waals surface area contributed by atoms with Gasteiger partial charge < -0.3 is 10.1 Å². The number of rotatable bonds is 4. The van der Waals surface area contributed by atoms with Gasteiger partial charge in [0.05, 0.1) is 13.5 Å². The lowest BCUT2D eigenvalue weighted by molar-refractivity contribution is -0.115. The van der Waals surface area contributed by atoms with E-state index in [1.165, 1.54) is 0 Å². The summed E-state index contributed by atoms with van der Waals surface area (Å²) in [4.78, 5) is 16.4. The summed E-state index contributed by atoms with van der Waals surface area (Å²) in [7, 11) is 1.67. The third kappa shape index (κ3) is 4.55. The lowest BCUT2D eigenvalue weighted by atomic mass is 9.85. The quantitative estimate of drug-likeness (QED) is 0.932. The monoisotopic (exact) mass is 312 g/mol. The molecule has 0 fully saturated rings. The SMILES string of the molecule is COc1ccc(CC(=O)Nc2ccnc(C)c2)cc1C(C)(C)C. The summed E-state index contributed by atoms with van der Waals surface area (Å²) in [6, 6.07) is 9.56. The van der Waals surface area contributed by atoms with Crippen molar-refractivity contribution in [1.29, 1.82) is 0 Å². The van der Waals surface area contributed by atoms with Gasteiger partial charge in [-0.15, -0.1) is 0 Å². The number of benzene rings is 1. The van der Waals surface area contributed by atoms with Crippen molar-refractivity contribution in [2.24, 2.45) is 0 Å². The van der Waals surface area contributed by atoms with E-state index in [0.717, 1.165) is 28.3 Å². The first-order valence-corrected chi connectivity index (χ1v) is 7.69. The van der Waals surface area contributed by atoms with E-state index in [9.17, 15) is 4.79 Å². The van der Waals surface area contributed by atoms with Crippen LogP contribution in [0.1, 0.15) is 37.6 Å². The summed E-state index contributed by atoms with van der Waals surface area (Å²) < 4.78 is 5.43. The zero-order valence-corrected chi connectivity index (χ0v) is 14.4. The van der Waals surface area contributed by atoms with E-state index < -0.39 is 0 Å². The van der Waals surface area contributed by atoms with E-state index in [-0.39, 0.29) is 11.3 Å². The van der Waals surface area contributed by atoms with Gasteiger partial charge >= 0.3 is 0 Å². The first kappa shape index (κ1) is 17.0. The van der Waals surface area contributed by atoms with Gasteiger partial charge in [-0.25, -0.2) is 0 Å². The average molecular weight is 312 g/mol. The number of carbonyl (C=O) groups excluding carboxylic acids is 1. The zero-order valence-electron chi connectivity index (χ0n) is 14.4. The van der Waals surface area contributed by atoms with E-state index >= 15 is 0 Å². The highest BCUT2D eigenvalue weighted by molar-refractivity contribution is 5.92. The number of ether oxygens (including phenoxy) is 1. The number of aryl methyl sites for hydroxylation is 1. The molecule has 2 rings (SSSR count). The lowest BCUT2D eigenvalue weighted by Crippen LogP contribution is -2.17. The van der Waals surface area contributed by atoms with Crippen molar-refractivity contribution in [1.82, 2.24) is 4.98 Å². The average Bonchev–Trinajstić information content (AvgIpc) is 2.46. The molecule has 122 valence electrons. The standard InChI is InChI=1S/C19H24N2O2/c1-13-10-15(8-9-20-13)21-18(22)12-14-6-7-17(23-5)16(11-14)19(2,3)4/h6-11H,12H2,1-5H3,(H,20,21,22). The highest BCUT2D eigenvalue weighted by atomic mass is 16.5. The maximum absolute atomic E-state index is 12.2. The van der Waals surface area contributed by atoms with Crippen LogP contribution in [0.3, 0.4) is 0 Å². The molecule has 0 saturated heterocycles. The predicted octanol–water partition coefficient (Wildman–Crippen LogP) is 3.88. The van der Waals surface area contributed by atoms with Gasteiger partial charge in [-0.3, -0.25) is 9.78 Å². The minimum atomic E-state index is -0.0416. The molecule has 2 aromatic rings. The fourth-order valence-electron chi connectivity index (χ4n) is 2.47. The second-order valence-corrected chi connectivity index (χ2v) is 6.70. The lowest BCUT2D eigenvalue weighted by Gasteiger charge is -2.23. The van der Waals surface area contributed by atoms with Crippen molar-refractivity contribution in [3.8, 4) is 5.75 Å². The predicted molar refractivity (Wildman–Crippen MR) is 93.0 cm³/mol. The fraction of sp³-hybridized carbons (Fsp3) is 0.368. The Morgan fingerprint density at radius 2 is 1.96 bits per heavy atom. The molecule has 0 saturated carbocycles. The normalized spacial score (nSPS) is 11.2. The van der Waals surface area contributed by atoms with E-state index in [1.807, 2.05) is 25.1 Å². The molecule has 0 bridgehead atoms. The van der Waals surface area contributed by atoms with Crippen molar-refractivity contribution in [3.63, 3.8) is 0 Å². The Morgan fingerprint density at radius 3 is 2.57 bits per heavy atom. The molecule has 0 unspecified atom stereocenters. The third-order valence-electron chi connectivity index (χ3n) is 3.62. The fourth-order valence-corrected chi connectivity index (χ4v) is 2.47. The maximum Gasteiger partial charge on any atom is 0.228 e. The number of hydrogen-bond donors (Lipinski definition) is 1. The molecule has 0 aliphatic carbocycles. The molecular formula is C19H24N2O2. The molecule has 1 aromatic heterocycles. The summed E-state index contributed by atoms with van der Waals surface area (Å²) in [5.74, 6) is 0.812. The number of nitrogens with zero attached hydrogens (tertiary/aromatic N) is 1. The van der Waals surface area contributed by atoms with Crippen molar-refractivity contribution >= 4 is 11.6 Å². The van der Waals surface area contributed by atoms with Gasteiger partial charge in [-0.05, 0) is 41.7 Å². The summed E-state index contributed by atoms with van der Waals surface area (Å²) in [6.07, 6.45) is 2.02. The minimum absolute atomic E-state index is 0.0411. The molecular weight excluding hydrogens is 288 g/mol. The zero-order chi connectivity index (χ0) is 17.0. The van der Waals surface area contributed by atoms with E-state index in [4.69, 9.17) is 4.74 Å². The summed E-state index contributed by atoms with van der Waals surface area (Å²) in [5.41, 5.74) is 3.68. The molecule has 4 nitrogen and oxygen atoms in total. The van der Waals surface area contributed by atoms with Gasteiger partial charge in [0.25, 0.3) is 0 Å². The van der Waals surface area contributed by atoms with Crippen LogP contribution in [0.5, 0.6) is 5.75 Å². The van der Waals surface area contributed by atoms with Gasteiger partial charge in [0.2, 0.25) is 5.91 Å². The third-order valence-corrected chi connectivity index (χ3v) is 3.62. The first-order chi connectivity index (χ1) is 10.8. The van der Waals surface area contributed by atoms with Gasteiger partial charge in [0, 0.05) is 17.6 Å². The second kappa shape index (κ2) is 6.82. The van der Waals surface area contributed by atoms with Crippen molar-refractivity contribution in [2.45, 2.75) is 39.5 Å². The second-order valence-electron chi connectivity index (χ2n) is 6.70. The molecule has 1 N–H and O–H groups in total. The number of amides is 1. The molecule has 0 spiro atoms. The van der Waals surface area contributed by atoms with Crippen molar-refractivity contribution < 1.29 is 9.53 Å². The number of aromatic nitrogens is 1. The molecule has 0 atom stereocenters. The summed E-state index contributed by atoms with van der Waals surface area (Å²) in [6.45, 7) is 8.30. The van der Waals surface area contributed by atoms with Crippen LogP contribution in [0.2, 0.25) is 0 Å². The van der Waals surface area contributed by atoms with Gasteiger partial charge in [0.1, 0.15) is 5.75 Å². The molecule has 0 aliphatic rings. The van der Waals surface area contributed by atoms with Crippen LogP contribution in [0.15, 0.2) is 36.5 Å². The highest BCUT2D eigenvalue weighted by Gasteiger charge is 2.19. The van der Waals surface area contributed by atoms with Crippen LogP contribution in [-0.2, 0) is 16.6 Å². The van der Waals surface area contributed by atoms with Crippen molar-refractivity contribution in [2.75, 3.05) is 12.4 Å². The summed E-state index contributed by atoms with van der Waals surface area (Å²) >= 11 is 0. The van der Waals surface area contributed by atoms with Crippen LogP contribution in [0.4, 0.5) is 5.69 Å². The van der Waals surface area contributed by atoms with Crippen LogP contribution in [0, 0.1) is 6.92 Å². The Balaban J connectivity index is 2.15. The largest absolute Gasteiger partial charge is 0.496 e. The Morgan fingerprint density at radius 1 is 1.22 bits per heavy atom. The Bertz CT molecular complexity index is 703. The Kier molecular flexibility index (Phi) is 5.04.